The molecule has 3 atom stereocenters. The zero-order chi connectivity index (χ0) is 18.8. The first-order chi connectivity index (χ1) is 13.2. The first-order valence-electron chi connectivity index (χ1n) is 10.3. The lowest BCUT2D eigenvalue weighted by Gasteiger charge is -2.34. The van der Waals surface area contributed by atoms with Gasteiger partial charge < -0.3 is 14.5 Å². The van der Waals surface area contributed by atoms with Gasteiger partial charge in [-0.2, -0.15) is 0 Å². The normalized spacial score (nSPS) is 24.4. The Morgan fingerprint density at radius 1 is 1.04 bits per heavy atom. The molecule has 2 aromatic rings. The summed E-state index contributed by atoms with van der Waals surface area (Å²) >= 11 is 0. The number of likely N-dealkylation sites (N-methyl/N-ethyl adjacent to an activating group) is 1. The third-order valence-electron chi connectivity index (χ3n) is 6.45. The SMILES string of the molecule is COc1ccc2c(c1)C(CN(C)CC1CCC(C)N1c1ccccc1)CC2. The molecule has 0 spiro atoms. The average Bonchev–Trinajstić information content (AvgIpc) is 3.25. The first kappa shape index (κ1) is 18.4. The van der Waals surface area contributed by atoms with E-state index in [9.17, 15) is 0 Å². The highest BCUT2D eigenvalue weighted by Crippen LogP contribution is 2.36. The number of ether oxygens (including phenoxy) is 1. The van der Waals surface area contributed by atoms with E-state index < -0.39 is 0 Å². The van der Waals surface area contributed by atoms with Gasteiger partial charge in [0.1, 0.15) is 5.75 Å². The van der Waals surface area contributed by atoms with Gasteiger partial charge in [0.2, 0.25) is 0 Å². The van der Waals surface area contributed by atoms with Crippen LogP contribution in [0.4, 0.5) is 5.69 Å². The Bertz CT molecular complexity index is 760. The zero-order valence-electron chi connectivity index (χ0n) is 16.9. The monoisotopic (exact) mass is 364 g/mol. The Morgan fingerprint density at radius 3 is 2.63 bits per heavy atom. The number of nitrogens with zero attached hydrogens (tertiary/aromatic N) is 2. The van der Waals surface area contributed by atoms with Crippen molar-refractivity contribution in [3.05, 3.63) is 59.7 Å². The van der Waals surface area contributed by atoms with E-state index in [2.05, 4.69) is 72.3 Å². The van der Waals surface area contributed by atoms with Crippen LogP contribution in [0.2, 0.25) is 0 Å². The molecule has 1 heterocycles. The van der Waals surface area contributed by atoms with Crippen LogP contribution in [-0.4, -0.2) is 44.2 Å². The maximum atomic E-state index is 5.45. The highest BCUT2D eigenvalue weighted by molar-refractivity contribution is 5.49. The summed E-state index contributed by atoms with van der Waals surface area (Å²) in [6.45, 7) is 4.63. The van der Waals surface area contributed by atoms with E-state index in [1.54, 1.807) is 7.11 Å². The van der Waals surface area contributed by atoms with Crippen molar-refractivity contribution in [3.63, 3.8) is 0 Å². The summed E-state index contributed by atoms with van der Waals surface area (Å²) in [6, 6.07) is 18.8. The molecular weight excluding hydrogens is 332 g/mol. The lowest BCUT2D eigenvalue weighted by molar-refractivity contribution is 0.289. The molecule has 0 N–H and O–H groups in total. The van der Waals surface area contributed by atoms with E-state index in [0.717, 1.165) is 18.8 Å². The molecule has 2 aromatic carbocycles. The molecule has 1 fully saturated rings. The molecule has 1 saturated heterocycles. The van der Waals surface area contributed by atoms with Crippen LogP contribution in [0.1, 0.15) is 43.2 Å². The molecule has 0 aromatic heterocycles. The minimum absolute atomic E-state index is 0.610. The van der Waals surface area contributed by atoms with Gasteiger partial charge in [0.15, 0.2) is 0 Å². The van der Waals surface area contributed by atoms with Crippen molar-refractivity contribution in [1.82, 2.24) is 4.90 Å². The zero-order valence-corrected chi connectivity index (χ0v) is 16.9. The van der Waals surface area contributed by atoms with Gasteiger partial charge >= 0.3 is 0 Å². The van der Waals surface area contributed by atoms with E-state index in [0.29, 0.717) is 18.0 Å². The molecule has 0 radical (unpaired) electrons. The molecule has 4 rings (SSSR count). The third kappa shape index (κ3) is 3.84. The van der Waals surface area contributed by atoms with Crippen LogP contribution in [0, 0.1) is 0 Å². The molecule has 2 aliphatic rings. The molecule has 1 aliphatic heterocycles. The minimum Gasteiger partial charge on any atom is -0.497 e. The van der Waals surface area contributed by atoms with Crippen molar-refractivity contribution < 1.29 is 4.74 Å². The van der Waals surface area contributed by atoms with Gasteiger partial charge in [0.25, 0.3) is 0 Å². The van der Waals surface area contributed by atoms with E-state index >= 15 is 0 Å². The number of para-hydroxylation sites is 1. The van der Waals surface area contributed by atoms with Crippen molar-refractivity contribution in [2.24, 2.45) is 0 Å². The predicted octanol–water partition coefficient (Wildman–Crippen LogP) is 4.71. The summed E-state index contributed by atoms with van der Waals surface area (Å²) in [5.74, 6) is 1.62. The Kier molecular flexibility index (Phi) is 5.40. The molecular formula is C24H32N2O. The van der Waals surface area contributed by atoms with Crippen LogP contribution >= 0.6 is 0 Å². The van der Waals surface area contributed by atoms with E-state index in [4.69, 9.17) is 4.74 Å². The highest BCUT2D eigenvalue weighted by atomic mass is 16.5. The van der Waals surface area contributed by atoms with Crippen LogP contribution < -0.4 is 9.64 Å². The van der Waals surface area contributed by atoms with E-state index in [1.165, 1.54) is 42.5 Å². The fraction of sp³-hybridized carbons (Fsp3) is 0.500. The van der Waals surface area contributed by atoms with Gasteiger partial charge in [-0.05, 0) is 81.0 Å². The van der Waals surface area contributed by atoms with Crippen molar-refractivity contribution in [2.45, 2.75) is 50.6 Å². The van der Waals surface area contributed by atoms with Crippen LogP contribution in [0.25, 0.3) is 0 Å². The molecule has 144 valence electrons. The average molecular weight is 365 g/mol. The van der Waals surface area contributed by atoms with Crippen LogP contribution in [-0.2, 0) is 6.42 Å². The number of fused-ring (bicyclic) bond motifs is 1. The van der Waals surface area contributed by atoms with Gasteiger partial charge in [0.05, 0.1) is 7.11 Å². The lowest BCUT2D eigenvalue weighted by Crippen LogP contribution is -2.42. The number of benzene rings is 2. The van der Waals surface area contributed by atoms with Gasteiger partial charge in [-0.3, -0.25) is 0 Å². The quantitative estimate of drug-likeness (QED) is 0.738. The fourth-order valence-corrected chi connectivity index (χ4v) is 5.11. The maximum Gasteiger partial charge on any atom is 0.119 e. The number of methoxy groups -OCH3 is 1. The van der Waals surface area contributed by atoms with E-state index in [-0.39, 0.29) is 0 Å². The topological polar surface area (TPSA) is 15.7 Å². The number of anilines is 1. The Labute approximate surface area is 163 Å². The van der Waals surface area contributed by atoms with Crippen molar-refractivity contribution in [2.75, 3.05) is 32.1 Å². The smallest absolute Gasteiger partial charge is 0.119 e. The summed E-state index contributed by atoms with van der Waals surface area (Å²) < 4.78 is 5.45. The fourth-order valence-electron chi connectivity index (χ4n) is 5.11. The second-order valence-electron chi connectivity index (χ2n) is 8.34. The van der Waals surface area contributed by atoms with Gasteiger partial charge in [0, 0.05) is 30.9 Å². The molecule has 1 aliphatic carbocycles. The molecule has 3 heteroatoms. The predicted molar refractivity (Wildman–Crippen MR) is 113 cm³/mol. The van der Waals surface area contributed by atoms with Gasteiger partial charge in [-0.15, -0.1) is 0 Å². The summed E-state index contributed by atoms with van der Waals surface area (Å²) in [6.07, 6.45) is 5.04. The number of aryl methyl sites for hydroxylation is 1. The van der Waals surface area contributed by atoms with Crippen LogP contribution in [0.15, 0.2) is 48.5 Å². The molecule has 0 bridgehead atoms. The third-order valence-corrected chi connectivity index (χ3v) is 6.45. The van der Waals surface area contributed by atoms with Crippen molar-refractivity contribution >= 4 is 5.69 Å². The van der Waals surface area contributed by atoms with Crippen molar-refractivity contribution in [1.29, 1.82) is 0 Å². The molecule has 0 amide bonds. The molecule has 27 heavy (non-hydrogen) atoms. The first-order valence-corrected chi connectivity index (χ1v) is 10.3. The molecule has 3 nitrogen and oxygen atoms in total. The van der Waals surface area contributed by atoms with Gasteiger partial charge in [-0.1, -0.05) is 24.3 Å². The number of hydrogen-bond donors (Lipinski definition) is 0. The summed E-state index contributed by atoms with van der Waals surface area (Å²) in [4.78, 5) is 5.19. The Morgan fingerprint density at radius 2 is 1.85 bits per heavy atom. The number of rotatable bonds is 6. The van der Waals surface area contributed by atoms with Crippen molar-refractivity contribution in [3.8, 4) is 5.75 Å². The van der Waals surface area contributed by atoms with Gasteiger partial charge in [-0.25, -0.2) is 0 Å². The number of hydrogen-bond acceptors (Lipinski definition) is 3. The minimum atomic E-state index is 0.610. The van der Waals surface area contributed by atoms with E-state index in [1.807, 2.05) is 0 Å². The lowest BCUT2D eigenvalue weighted by atomic mass is 10.00. The standard InChI is InChI=1S/C24H32N2O/c1-18-9-13-22(26(18)21-7-5-4-6-8-21)17-25(2)16-20-11-10-19-12-14-23(27-3)15-24(19)20/h4-8,12,14-15,18,20,22H,9-11,13,16-17H2,1-3H3. The largest absolute Gasteiger partial charge is 0.497 e. The Balaban J connectivity index is 1.42. The second kappa shape index (κ2) is 7.93. The second-order valence-corrected chi connectivity index (χ2v) is 8.34. The maximum absolute atomic E-state index is 5.45. The molecule has 0 saturated carbocycles. The van der Waals surface area contributed by atoms with Crippen LogP contribution in [0.3, 0.4) is 0 Å². The summed E-state index contributed by atoms with van der Waals surface area (Å²) in [5, 5.41) is 0. The van der Waals surface area contributed by atoms with Crippen LogP contribution in [0.5, 0.6) is 5.75 Å². The highest BCUT2D eigenvalue weighted by Gasteiger charge is 2.32. The summed E-state index contributed by atoms with van der Waals surface area (Å²) in [5.41, 5.74) is 4.38. The Hall–Kier alpha value is -2.00. The summed E-state index contributed by atoms with van der Waals surface area (Å²) in [7, 11) is 4.06. The molecule has 3 unspecified atom stereocenters.